The van der Waals surface area contributed by atoms with Gasteiger partial charge in [-0.05, 0) is 79.4 Å². The summed E-state index contributed by atoms with van der Waals surface area (Å²) in [5.74, 6) is 1.52. The maximum atomic E-state index is 13.5. The van der Waals surface area contributed by atoms with Crippen molar-refractivity contribution in [2.75, 3.05) is 19.6 Å². The smallest absolute Gasteiger partial charge is 0.410 e. The Balaban J connectivity index is 1.56. The van der Waals surface area contributed by atoms with E-state index in [1.165, 1.54) is 0 Å². The summed E-state index contributed by atoms with van der Waals surface area (Å²) in [5.41, 5.74) is 2.20. The topological polar surface area (TPSA) is 102 Å². The standard InChI is InChI=1S/C27H37N5O4/c1-16(2)32-24-22(14-29-32)21(12-23(30-24)20-11-17(3)35-18(20)4)25(33)28-13-19-9-8-10-31(15-19)26(34)36-27(5,6)7/h11-12,14,16,19H,8-10,13,15H2,1-7H3,(H,28,33). The number of ether oxygens (including phenoxy) is 1. The normalized spacial score (nSPS) is 16.6. The number of piperidine rings is 1. The molecule has 0 radical (unpaired) electrons. The third-order valence-electron chi connectivity index (χ3n) is 6.34. The monoisotopic (exact) mass is 495 g/mol. The van der Waals surface area contributed by atoms with Gasteiger partial charge in [0, 0.05) is 31.2 Å². The molecule has 0 spiro atoms. The Kier molecular flexibility index (Phi) is 7.11. The molecule has 2 amide bonds. The molecule has 9 nitrogen and oxygen atoms in total. The van der Waals surface area contributed by atoms with Crippen molar-refractivity contribution in [1.29, 1.82) is 0 Å². The second kappa shape index (κ2) is 9.95. The van der Waals surface area contributed by atoms with Gasteiger partial charge in [-0.1, -0.05) is 0 Å². The number of carbonyl (C=O) groups is 2. The van der Waals surface area contributed by atoms with E-state index in [-0.39, 0.29) is 24.0 Å². The SMILES string of the molecule is Cc1cc(-c2cc(C(=O)NCC3CCCN(C(=O)OC(C)(C)C)C3)c3cnn(C(C)C)c3n2)c(C)o1. The number of hydrogen-bond donors (Lipinski definition) is 1. The van der Waals surface area contributed by atoms with Crippen LogP contribution in [-0.4, -0.2) is 56.9 Å². The molecule has 1 N–H and O–H groups in total. The highest BCUT2D eigenvalue weighted by Gasteiger charge is 2.28. The minimum Gasteiger partial charge on any atom is -0.466 e. The van der Waals surface area contributed by atoms with Gasteiger partial charge in [0.25, 0.3) is 5.91 Å². The van der Waals surface area contributed by atoms with Gasteiger partial charge in [-0.3, -0.25) is 4.79 Å². The zero-order valence-electron chi connectivity index (χ0n) is 22.3. The Labute approximate surface area is 212 Å². The van der Waals surface area contributed by atoms with Crippen molar-refractivity contribution in [2.45, 2.75) is 73.0 Å². The lowest BCUT2D eigenvalue weighted by molar-refractivity contribution is 0.0167. The molecule has 1 atom stereocenters. The molecule has 0 aliphatic carbocycles. The van der Waals surface area contributed by atoms with Gasteiger partial charge < -0.3 is 19.4 Å². The Bertz CT molecular complexity index is 1270. The predicted molar refractivity (Wildman–Crippen MR) is 138 cm³/mol. The van der Waals surface area contributed by atoms with Crippen molar-refractivity contribution < 1.29 is 18.7 Å². The summed E-state index contributed by atoms with van der Waals surface area (Å²) in [6.45, 7) is 15.2. The van der Waals surface area contributed by atoms with Gasteiger partial charge in [0.1, 0.15) is 17.1 Å². The fraction of sp³-hybridized carbons (Fsp3) is 0.556. The highest BCUT2D eigenvalue weighted by atomic mass is 16.6. The van der Waals surface area contributed by atoms with Crippen LogP contribution in [-0.2, 0) is 4.74 Å². The first kappa shape index (κ1) is 25.7. The lowest BCUT2D eigenvalue weighted by Gasteiger charge is -2.34. The van der Waals surface area contributed by atoms with Crippen LogP contribution in [0.4, 0.5) is 4.79 Å². The summed E-state index contributed by atoms with van der Waals surface area (Å²) in [6.07, 6.45) is 3.23. The van der Waals surface area contributed by atoms with Crippen LogP contribution in [0.25, 0.3) is 22.3 Å². The first-order valence-electron chi connectivity index (χ1n) is 12.6. The number of nitrogens with one attached hydrogen (secondary N) is 1. The van der Waals surface area contributed by atoms with E-state index < -0.39 is 5.60 Å². The van der Waals surface area contributed by atoms with E-state index in [1.807, 2.05) is 65.3 Å². The van der Waals surface area contributed by atoms with Crippen molar-refractivity contribution in [3.63, 3.8) is 0 Å². The van der Waals surface area contributed by atoms with Crippen LogP contribution in [0.2, 0.25) is 0 Å². The minimum absolute atomic E-state index is 0.0921. The van der Waals surface area contributed by atoms with Crippen LogP contribution in [0.1, 0.15) is 75.4 Å². The van der Waals surface area contributed by atoms with Crippen LogP contribution in [0.15, 0.2) is 22.7 Å². The molecule has 9 heteroatoms. The molecule has 1 aliphatic rings. The van der Waals surface area contributed by atoms with Gasteiger partial charge in [-0.25, -0.2) is 14.5 Å². The van der Waals surface area contributed by atoms with Crippen molar-refractivity contribution in [3.05, 3.63) is 35.4 Å². The molecule has 36 heavy (non-hydrogen) atoms. The first-order valence-corrected chi connectivity index (χ1v) is 12.6. The van der Waals surface area contributed by atoms with Gasteiger partial charge >= 0.3 is 6.09 Å². The van der Waals surface area contributed by atoms with Gasteiger partial charge in [-0.15, -0.1) is 0 Å². The number of rotatable bonds is 5. The Morgan fingerprint density at radius 3 is 2.64 bits per heavy atom. The number of pyridine rings is 1. The van der Waals surface area contributed by atoms with Crippen molar-refractivity contribution >= 4 is 23.0 Å². The highest BCUT2D eigenvalue weighted by Crippen LogP contribution is 2.30. The van der Waals surface area contributed by atoms with E-state index in [4.69, 9.17) is 14.1 Å². The second-order valence-corrected chi connectivity index (χ2v) is 10.9. The quantitative estimate of drug-likeness (QED) is 0.518. The maximum absolute atomic E-state index is 13.5. The summed E-state index contributed by atoms with van der Waals surface area (Å²) in [6, 6.07) is 3.85. The Morgan fingerprint density at radius 2 is 2.00 bits per heavy atom. The van der Waals surface area contributed by atoms with Gasteiger partial charge in [0.15, 0.2) is 5.65 Å². The molecule has 0 saturated carbocycles. The van der Waals surface area contributed by atoms with E-state index in [9.17, 15) is 9.59 Å². The van der Waals surface area contributed by atoms with Crippen LogP contribution in [0.3, 0.4) is 0 Å². The molecule has 1 fully saturated rings. The maximum Gasteiger partial charge on any atom is 0.410 e. The van der Waals surface area contributed by atoms with E-state index in [1.54, 1.807) is 11.1 Å². The molecule has 4 rings (SSSR count). The number of amides is 2. The number of carbonyl (C=O) groups excluding carboxylic acids is 2. The average Bonchev–Trinajstić information content (AvgIpc) is 3.38. The summed E-state index contributed by atoms with van der Waals surface area (Å²) in [5, 5.41) is 8.31. The van der Waals surface area contributed by atoms with Crippen LogP contribution >= 0.6 is 0 Å². The summed E-state index contributed by atoms with van der Waals surface area (Å²) in [7, 11) is 0. The van der Waals surface area contributed by atoms with Gasteiger partial charge in [-0.2, -0.15) is 5.10 Å². The summed E-state index contributed by atoms with van der Waals surface area (Å²) < 4.78 is 13.1. The number of likely N-dealkylation sites (tertiary alicyclic amines) is 1. The number of hydrogen-bond acceptors (Lipinski definition) is 6. The van der Waals surface area contributed by atoms with E-state index in [0.29, 0.717) is 41.9 Å². The molecule has 1 unspecified atom stereocenters. The molecule has 1 aliphatic heterocycles. The highest BCUT2D eigenvalue weighted by molar-refractivity contribution is 6.06. The second-order valence-electron chi connectivity index (χ2n) is 10.9. The molecule has 0 bridgehead atoms. The number of nitrogens with zero attached hydrogens (tertiary/aromatic N) is 4. The fourth-order valence-electron chi connectivity index (χ4n) is 4.66. The molecular weight excluding hydrogens is 458 g/mol. The van der Waals surface area contributed by atoms with E-state index in [0.717, 1.165) is 29.9 Å². The Morgan fingerprint density at radius 1 is 1.25 bits per heavy atom. The number of aryl methyl sites for hydroxylation is 2. The van der Waals surface area contributed by atoms with Crippen molar-refractivity contribution in [3.8, 4) is 11.3 Å². The molecular formula is C27H37N5O4. The number of fused-ring (bicyclic) bond motifs is 1. The minimum atomic E-state index is -0.533. The Hall–Kier alpha value is -3.36. The predicted octanol–water partition coefficient (Wildman–Crippen LogP) is 5.27. The van der Waals surface area contributed by atoms with Crippen LogP contribution in [0, 0.1) is 19.8 Å². The van der Waals surface area contributed by atoms with Crippen LogP contribution in [0.5, 0.6) is 0 Å². The average molecular weight is 496 g/mol. The molecule has 3 aromatic rings. The van der Waals surface area contributed by atoms with Crippen molar-refractivity contribution in [1.82, 2.24) is 25.0 Å². The third-order valence-corrected chi connectivity index (χ3v) is 6.34. The number of aromatic nitrogens is 3. The van der Waals surface area contributed by atoms with Gasteiger partial charge in [0.2, 0.25) is 0 Å². The van der Waals surface area contributed by atoms with E-state index in [2.05, 4.69) is 10.4 Å². The largest absolute Gasteiger partial charge is 0.466 e. The third kappa shape index (κ3) is 5.55. The first-order chi connectivity index (χ1) is 16.9. The lowest BCUT2D eigenvalue weighted by atomic mass is 9.98. The number of furan rings is 1. The summed E-state index contributed by atoms with van der Waals surface area (Å²) >= 11 is 0. The molecule has 0 aromatic carbocycles. The lowest BCUT2D eigenvalue weighted by Crippen LogP contribution is -2.45. The van der Waals surface area contributed by atoms with Gasteiger partial charge in [0.05, 0.1) is 22.8 Å². The zero-order valence-corrected chi connectivity index (χ0v) is 22.3. The molecule has 194 valence electrons. The zero-order chi connectivity index (χ0) is 26.2. The molecule has 1 saturated heterocycles. The fourth-order valence-corrected chi connectivity index (χ4v) is 4.66. The molecule has 3 aromatic heterocycles. The van der Waals surface area contributed by atoms with Crippen molar-refractivity contribution in [2.24, 2.45) is 5.92 Å². The summed E-state index contributed by atoms with van der Waals surface area (Å²) in [4.78, 5) is 32.6. The van der Waals surface area contributed by atoms with Crippen LogP contribution < -0.4 is 5.32 Å². The molecule has 4 heterocycles. The van der Waals surface area contributed by atoms with E-state index >= 15 is 0 Å².